The molecule has 4 nitrogen and oxygen atoms in total. The highest BCUT2D eigenvalue weighted by molar-refractivity contribution is 9.10. The van der Waals surface area contributed by atoms with Crippen LogP contribution in [0.25, 0.3) is 0 Å². The molecule has 0 fully saturated rings. The fraction of sp³-hybridized carbons (Fsp3) is 0.364. The first-order valence-electron chi connectivity index (χ1n) is 5.19. The molecule has 1 aromatic carbocycles. The van der Waals surface area contributed by atoms with Crippen molar-refractivity contribution in [1.82, 2.24) is 0 Å². The molecule has 0 aliphatic rings. The summed E-state index contributed by atoms with van der Waals surface area (Å²) >= 11 is 3.22. The Bertz CT molecular complexity index is 554. The monoisotopic (exact) mass is 351 g/mol. The molecule has 0 heterocycles. The Morgan fingerprint density at radius 1 is 1.39 bits per heavy atom. The number of halogens is 2. The second-order valence-corrected chi connectivity index (χ2v) is 6.91. The van der Waals surface area contributed by atoms with Crippen LogP contribution in [-0.2, 0) is 9.05 Å². The lowest BCUT2D eigenvalue weighted by Crippen LogP contribution is -1.99. The summed E-state index contributed by atoms with van der Waals surface area (Å²) in [6.07, 6.45) is 2.06. The summed E-state index contributed by atoms with van der Waals surface area (Å²) in [5.74, 6) is 0.552. The van der Waals surface area contributed by atoms with E-state index in [0.717, 1.165) is 12.8 Å². The maximum Gasteiger partial charge on any atom is 0.261 e. The number of ether oxygens (including phenoxy) is 1. The first-order valence-corrected chi connectivity index (χ1v) is 8.29. The molecule has 0 atom stereocenters. The Balaban J connectivity index is 2.61. The van der Waals surface area contributed by atoms with E-state index in [2.05, 4.69) is 22.0 Å². The zero-order valence-corrected chi connectivity index (χ0v) is 12.6. The van der Waals surface area contributed by atoms with E-state index in [0.29, 0.717) is 23.2 Å². The molecule has 0 amide bonds. The largest absolute Gasteiger partial charge is 0.492 e. The number of nitrogens with zero attached hydrogens (tertiary/aromatic N) is 1. The van der Waals surface area contributed by atoms with Crippen molar-refractivity contribution in [3.8, 4) is 11.8 Å². The highest BCUT2D eigenvalue weighted by Crippen LogP contribution is 2.29. The Morgan fingerprint density at radius 2 is 2.11 bits per heavy atom. The van der Waals surface area contributed by atoms with Gasteiger partial charge in [-0.3, -0.25) is 0 Å². The Morgan fingerprint density at radius 3 is 2.67 bits per heavy atom. The van der Waals surface area contributed by atoms with Crippen LogP contribution in [0.3, 0.4) is 0 Å². The van der Waals surface area contributed by atoms with Crippen LogP contribution in [-0.4, -0.2) is 15.0 Å². The van der Waals surface area contributed by atoms with Crippen molar-refractivity contribution in [2.24, 2.45) is 0 Å². The maximum absolute atomic E-state index is 11.1. The second-order valence-electron chi connectivity index (χ2n) is 3.49. The minimum atomic E-state index is -3.72. The van der Waals surface area contributed by atoms with Crippen molar-refractivity contribution in [2.75, 3.05) is 6.61 Å². The molecule has 0 spiro atoms. The summed E-state index contributed by atoms with van der Waals surface area (Å²) in [5, 5.41) is 8.37. The molecule has 0 N–H and O–H groups in total. The zero-order valence-electron chi connectivity index (χ0n) is 9.40. The standard InChI is InChI=1S/C11H11BrClNO3S/c12-10-8-9(18(13,15)16)4-5-11(10)17-7-3-1-2-6-14/h4-5,8H,1-3,7H2. The van der Waals surface area contributed by atoms with E-state index in [4.69, 9.17) is 20.7 Å². The van der Waals surface area contributed by atoms with Crippen molar-refractivity contribution in [3.05, 3.63) is 22.7 Å². The van der Waals surface area contributed by atoms with E-state index in [1.165, 1.54) is 12.1 Å². The van der Waals surface area contributed by atoms with Crippen LogP contribution < -0.4 is 4.74 Å². The highest BCUT2D eigenvalue weighted by Gasteiger charge is 2.12. The van der Waals surface area contributed by atoms with Crippen LogP contribution in [0.1, 0.15) is 19.3 Å². The van der Waals surface area contributed by atoms with Crippen molar-refractivity contribution in [2.45, 2.75) is 24.2 Å². The summed E-state index contributed by atoms with van der Waals surface area (Å²) in [7, 11) is 1.50. The topological polar surface area (TPSA) is 67.2 Å². The van der Waals surface area contributed by atoms with E-state index in [9.17, 15) is 8.42 Å². The lowest BCUT2D eigenvalue weighted by Gasteiger charge is -2.08. The van der Waals surface area contributed by atoms with Gasteiger partial charge >= 0.3 is 0 Å². The van der Waals surface area contributed by atoms with E-state index in [1.807, 2.05) is 0 Å². The quantitative estimate of drug-likeness (QED) is 0.581. The van der Waals surface area contributed by atoms with Gasteiger partial charge in [0, 0.05) is 17.1 Å². The normalized spacial score (nSPS) is 10.9. The average Bonchev–Trinajstić information content (AvgIpc) is 2.29. The van der Waals surface area contributed by atoms with E-state index >= 15 is 0 Å². The molecule has 0 unspecified atom stereocenters. The van der Waals surface area contributed by atoms with Crippen LogP contribution in [0.5, 0.6) is 5.75 Å². The molecule has 0 aromatic heterocycles. The van der Waals surface area contributed by atoms with Gasteiger partial charge in [-0.15, -0.1) is 0 Å². The van der Waals surface area contributed by atoms with Crippen LogP contribution >= 0.6 is 26.6 Å². The first-order chi connectivity index (χ1) is 8.45. The van der Waals surface area contributed by atoms with Crippen molar-refractivity contribution >= 4 is 35.7 Å². The second kappa shape index (κ2) is 6.98. The molecule has 0 saturated carbocycles. The molecule has 98 valence electrons. The Hall–Kier alpha value is -0.770. The van der Waals surface area contributed by atoms with E-state index in [1.54, 1.807) is 6.07 Å². The average molecular weight is 353 g/mol. The maximum atomic E-state index is 11.1. The molecule has 0 bridgehead atoms. The van der Waals surface area contributed by atoms with Gasteiger partial charge in [0.15, 0.2) is 0 Å². The molecule has 7 heteroatoms. The summed E-state index contributed by atoms with van der Waals surface area (Å²) in [5.41, 5.74) is 0. The van der Waals surface area contributed by atoms with Gasteiger partial charge in [0.2, 0.25) is 0 Å². The number of nitriles is 1. The number of unbranched alkanes of at least 4 members (excludes halogenated alkanes) is 2. The Kier molecular flexibility index (Phi) is 5.93. The molecule has 0 aliphatic heterocycles. The third-order valence-electron chi connectivity index (χ3n) is 2.13. The van der Waals surface area contributed by atoms with Gasteiger partial charge in [-0.2, -0.15) is 5.26 Å². The predicted octanol–water partition coefficient (Wildman–Crippen LogP) is 3.45. The van der Waals surface area contributed by atoms with Crippen molar-refractivity contribution in [3.63, 3.8) is 0 Å². The lowest BCUT2D eigenvalue weighted by atomic mass is 10.2. The number of hydrogen-bond acceptors (Lipinski definition) is 4. The smallest absolute Gasteiger partial charge is 0.261 e. The van der Waals surface area contributed by atoms with Crippen LogP contribution in [0.4, 0.5) is 0 Å². The fourth-order valence-corrected chi connectivity index (χ4v) is 2.66. The lowest BCUT2D eigenvalue weighted by molar-refractivity contribution is 0.305. The van der Waals surface area contributed by atoms with Crippen LogP contribution in [0.15, 0.2) is 27.6 Å². The highest BCUT2D eigenvalue weighted by atomic mass is 79.9. The van der Waals surface area contributed by atoms with Gasteiger partial charge in [-0.1, -0.05) is 0 Å². The van der Waals surface area contributed by atoms with Crippen molar-refractivity contribution < 1.29 is 13.2 Å². The molecule has 1 rings (SSSR count). The SMILES string of the molecule is N#CCCCCOc1ccc(S(=O)(=O)Cl)cc1Br. The Labute approximate surface area is 119 Å². The van der Waals surface area contributed by atoms with Crippen molar-refractivity contribution in [1.29, 1.82) is 5.26 Å². The van der Waals surface area contributed by atoms with Gasteiger partial charge in [0.1, 0.15) is 5.75 Å². The summed E-state index contributed by atoms with van der Waals surface area (Å²) in [6, 6.07) is 6.38. The van der Waals surface area contributed by atoms with Crippen LogP contribution in [0.2, 0.25) is 0 Å². The summed E-state index contributed by atoms with van der Waals surface area (Å²) in [6.45, 7) is 0.479. The molecule has 1 aromatic rings. The number of rotatable bonds is 6. The zero-order chi connectivity index (χ0) is 13.6. The molecule has 0 radical (unpaired) electrons. The minimum absolute atomic E-state index is 0.0212. The van der Waals surface area contributed by atoms with Gasteiger partial charge < -0.3 is 4.74 Å². The summed E-state index contributed by atoms with van der Waals surface area (Å²) < 4.78 is 28.2. The third-order valence-corrected chi connectivity index (χ3v) is 4.10. The van der Waals surface area contributed by atoms with Gasteiger partial charge in [-0.25, -0.2) is 8.42 Å². The number of benzene rings is 1. The minimum Gasteiger partial charge on any atom is -0.492 e. The molecule has 0 saturated heterocycles. The molecular weight excluding hydrogens is 342 g/mol. The van der Waals surface area contributed by atoms with Gasteiger partial charge in [-0.05, 0) is 47.0 Å². The van der Waals surface area contributed by atoms with Gasteiger partial charge in [0.25, 0.3) is 9.05 Å². The van der Waals surface area contributed by atoms with E-state index < -0.39 is 9.05 Å². The third kappa shape index (κ3) is 4.84. The first kappa shape index (κ1) is 15.3. The fourth-order valence-electron chi connectivity index (χ4n) is 1.24. The van der Waals surface area contributed by atoms with Crippen LogP contribution in [0, 0.1) is 11.3 Å². The summed E-state index contributed by atoms with van der Waals surface area (Å²) in [4.78, 5) is 0.0212. The molecular formula is C11H11BrClNO3S. The van der Waals surface area contributed by atoms with Gasteiger partial charge in [0.05, 0.1) is 22.0 Å². The molecule has 18 heavy (non-hydrogen) atoms. The number of hydrogen-bond donors (Lipinski definition) is 0. The van der Waals surface area contributed by atoms with E-state index in [-0.39, 0.29) is 4.90 Å². The predicted molar refractivity (Wildman–Crippen MR) is 72.1 cm³/mol. The molecule has 0 aliphatic carbocycles.